The van der Waals surface area contributed by atoms with E-state index in [1.54, 1.807) is 0 Å². The van der Waals surface area contributed by atoms with E-state index in [1.165, 1.54) is 89.9 Å². The second-order valence-corrected chi connectivity index (χ2v) is 16.3. The van der Waals surface area contributed by atoms with Gasteiger partial charge in [-0.2, -0.15) is 0 Å². The summed E-state index contributed by atoms with van der Waals surface area (Å²) >= 11 is 0. The molecule has 3 atom stereocenters. The van der Waals surface area contributed by atoms with Crippen LogP contribution < -0.4 is 5.73 Å². The Morgan fingerprint density at radius 1 is 0.552 bits per heavy atom. The number of carbonyl (C=O) groups excluding carboxylic acids is 2. The molecule has 0 aromatic rings. The first-order valence-electron chi connectivity index (χ1n) is 22.4. The maximum absolute atomic E-state index is 12.6. The maximum atomic E-state index is 12.6. The number of rotatable bonds is 41. The molecule has 0 fully saturated rings. The van der Waals surface area contributed by atoms with Crippen LogP contribution >= 0.6 is 7.82 Å². The molecule has 0 amide bonds. The lowest BCUT2D eigenvalue weighted by Gasteiger charge is -2.20. The van der Waals surface area contributed by atoms with Crippen molar-refractivity contribution in [3.05, 3.63) is 60.8 Å². The van der Waals surface area contributed by atoms with Crippen molar-refractivity contribution in [2.24, 2.45) is 5.73 Å². The number of nitrogens with two attached hydrogens (primary N) is 1. The van der Waals surface area contributed by atoms with Gasteiger partial charge < -0.3 is 25.2 Å². The summed E-state index contributed by atoms with van der Waals surface area (Å²) in [5, 5.41) is 8.88. The highest BCUT2D eigenvalue weighted by Crippen LogP contribution is 2.43. The number of aliphatic carboxylic acids is 1. The third-order valence-corrected chi connectivity index (χ3v) is 10.3. The van der Waals surface area contributed by atoms with E-state index in [9.17, 15) is 23.8 Å². The van der Waals surface area contributed by atoms with Gasteiger partial charge in [-0.15, -0.1) is 0 Å². The Morgan fingerprint density at radius 3 is 1.52 bits per heavy atom. The first-order valence-corrected chi connectivity index (χ1v) is 23.9. The Morgan fingerprint density at radius 2 is 0.983 bits per heavy atom. The second-order valence-electron chi connectivity index (χ2n) is 14.9. The minimum atomic E-state index is -4.73. The number of esters is 2. The van der Waals surface area contributed by atoms with Crippen molar-refractivity contribution in [2.45, 2.75) is 193 Å². The predicted octanol–water partition coefficient (Wildman–Crippen LogP) is 12.0. The lowest BCUT2D eigenvalue weighted by atomic mass is 10.1. The molecule has 0 spiro atoms. The zero-order chi connectivity index (χ0) is 42.8. The van der Waals surface area contributed by atoms with Crippen LogP contribution in [0.1, 0.15) is 181 Å². The first-order chi connectivity index (χ1) is 28.1. The minimum absolute atomic E-state index is 0.112. The van der Waals surface area contributed by atoms with Crippen LogP contribution in [0.5, 0.6) is 0 Å². The van der Waals surface area contributed by atoms with Gasteiger partial charge in [0.2, 0.25) is 0 Å². The maximum Gasteiger partial charge on any atom is 0.472 e. The highest BCUT2D eigenvalue weighted by Gasteiger charge is 2.28. The number of carboxylic acid groups (broad SMARTS) is 1. The number of phosphoric acid groups is 1. The molecular formula is C46H80NO10P. The first kappa shape index (κ1) is 55.2. The van der Waals surface area contributed by atoms with Crippen LogP contribution in [0.25, 0.3) is 0 Å². The number of allylic oxidation sites excluding steroid dienone is 10. The summed E-state index contributed by atoms with van der Waals surface area (Å²) in [6, 6.07) is -1.53. The fourth-order valence-corrected chi connectivity index (χ4v) is 6.61. The number of unbranched alkanes of at least 4 members (excludes halogenated alkanes) is 20. The zero-order valence-corrected chi connectivity index (χ0v) is 37.0. The van der Waals surface area contributed by atoms with Crippen molar-refractivity contribution < 1.29 is 47.5 Å². The molecule has 58 heavy (non-hydrogen) atoms. The van der Waals surface area contributed by atoms with Crippen LogP contribution in [0.4, 0.5) is 0 Å². The Kier molecular flexibility index (Phi) is 38.9. The third kappa shape index (κ3) is 40.0. The van der Waals surface area contributed by atoms with Crippen LogP contribution in [-0.2, 0) is 37.5 Å². The van der Waals surface area contributed by atoms with E-state index in [-0.39, 0.29) is 19.4 Å². The lowest BCUT2D eigenvalue weighted by molar-refractivity contribution is -0.161. The fourth-order valence-electron chi connectivity index (χ4n) is 5.83. The Balaban J connectivity index is 4.33. The molecule has 0 saturated carbocycles. The summed E-state index contributed by atoms with van der Waals surface area (Å²) < 4.78 is 32.6. The standard InChI is InChI=1S/C46H80NO10P/c1-3-5-7-9-11-13-15-17-18-19-20-21-22-23-24-26-27-29-31-33-35-37-44(48)54-39-42(40-55-58(52,53)56-41-43(47)46(50)51)57-45(49)38-36-34-32-30-28-25-16-14-12-10-8-6-4-2/h6,8,10,12,14,16,21-22,25,28,42-43H,3-5,7,9,11,13,15,17-20,23-24,26-27,29-41,47H2,1-2H3,(H,50,51)(H,52,53)/b8-6+,12-10+,16-14+,22-21+,28-25+/t42?,43-/m0/s1. The molecule has 0 aromatic carbocycles. The summed E-state index contributed by atoms with van der Waals surface area (Å²) in [4.78, 5) is 45.9. The molecule has 0 aliphatic carbocycles. The summed E-state index contributed by atoms with van der Waals surface area (Å²) in [7, 11) is -4.73. The molecule has 0 rings (SSSR count). The molecule has 0 aliphatic rings. The average molecular weight is 838 g/mol. The smallest absolute Gasteiger partial charge is 0.472 e. The van der Waals surface area contributed by atoms with E-state index >= 15 is 0 Å². The molecule has 334 valence electrons. The average Bonchev–Trinajstić information content (AvgIpc) is 3.20. The van der Waals surface area contributed by atoms with Gasteiger partial charge in [0, 0.05) is 12.8 Å². The van der Waals surface area contributed by atoms with Gasteiger partial charge in [0.1, 0.15) is 12.6 Å². The molecule has 2 unspecified atom stereocenters. The van der Waals surface area contributed by atoms with Gasteiger partial charge in [0.05, 0.1) is 13.2 Å². The van der Waals surface area contributed by atoms with Gasteiger partial charge in [-0.3, -0.25) is 23.4 Å². The number of carboxylic acids is 1. The van der Waals surface area contributed by atoms with E-state index < -0.39 is 51.1 Å². The SMILES string of the molecule is CC/C=C/C=C/C=C/C=C/CCCCCC(=O)OC(COC(=O)CCCCCCCCC/C=C/CCCCCCCCCCCC)COP(=O)(O)OC[C@H](N)C(=O)O. The molecule has 0 bridgehead atoms. The van der Waals surface area contributed by atoms with Crippen LogP contribution in [-0.4, -0.2) is 59.9 Å². The van der Waals surface area contributed by atoms with Gasteiger partial charge in [0.15, 0.2) is 6.10 Å². The Hall–Kier alpha value is -2.82. The largest absolute Gasteiger partial charge is 0.480 e. The number of ether oxygens (including phenoxy) is 2. The topological polar surface area (TPSA) is 172 Å². The van der Waals surface area contributed by atoms with Gasteiger partial charge >= 0.3 is 25.7 Å². The molecule has 0 saturated heterocycles. The summed E-state index contributed by atoms with van der Waals surface area (Å²) in [5.41, 5.74) is 5.33. The minimum Gasteiger partial charge on any atom is -0.480 e. The van der Waals surface area contributed by atoms with Crippen molar-refractivity contribution in [1.82, 2.24) is 0 Å². The summed E-state index contributed by atoms with van der Waals surface area (Å²) in [6.45, 7) is 2.61. The van der Waals surface area contributed by atoms with Crippen molar-refractivity contribution in [2.75, 3.05) is 19.8 Å². The monoisotopic (exact) mass is 838 g/mol. The van der Waals surface area contributed by atoms with E-state index in [0.29, 0.717) is 12.8 Å². The summed E-state index contributed by atoms with van der Waals surface area (Å²) in [6.07, 6.45) is 47.3. The summed E-state index contributed by atoms with van der Waals surface area (Å²) in [5.74, 6) is -2.44. The van der Waals surface area contributed by atoms with E-state index in [4.69, 9.17) is 24.8 Å². The number of phosphoric ester groups is 1. The van der Waals surface area contributed by atoms with Crippen LogP contribution in [0.2, 0.25) is 0 Å². The van der Waals surface area contributed by atoms with E-state index in [0.717, 1.165) is 51.4 Å². The zero-order valence-electron chi connectivity index (χ0n) is 36.1. The fraction of sp³-hybridized carbons (Fsp3) is 0.717. The molecule has 12 heteroatoms. The van der Waals surface area contributed by atoms with E-state index in [2.05, 4.69) is 42.7 Å². The molecule has 0 radical (unpaired) electrons. The van der Waals surface area contributed by atoms with Crippen molar-refractivity contribution in [3.8, 4) is 0 Å². The van der Waals surface area contributed by atoms with Crippen LogP contribution in [0.3, 0.4) is 0 Å². The molecule has 0 aliphatic heterocycles. The van der Waals surface area contributed by atoms with Crippen molar-refractivity contribution >= 4 is 25.7 Å². The normalized spacial score (nSPS) is 14.3. The van der Waals surface area contributed by atoms with Crippen molar-refractivity contribution in [3.63, 3.8) is 0 Å². The molecule has 4 N–H and O–H groups in total. The molecule has 11 nitrogen and oxygen atoms in total. The number of hydrogen-bond acceptors (Lipinski definition) is 9. The highest BCUT2D eigenvalue weighted by molar-refractivity contribution is 7.47. The Bertz CT molecular complexity index is 1210. The van der Waals surface area contributed by atoms with Gasteiger partial charge in [-0.1, -0.05) is 171 Å². The Labute approximate surface area is 351 Å². The van der Waals surface area contributed by atoms with Gasteiger partial charge in [-0.05, 0) is 57.8 Å². The number of hydrogen-bond donors (Lipinski definition) is 3. The molecular weight excluding hydrogens is 757 g/mol. The molecule has 0 aromatic heterocycles. The quantitative estimate of drug-likeness (QED) is 0.0176. The molecule has 0 heterocycles. The van der Waals surface area contributed by atoms with Crippen molar-refractivity contribution in [1.29, 1.82) is 0 Å². The second kappa shape index (κ2) is 40.9. The van der Waals surface area contributed by atoms with Crippen LogP contribution in [0.15, 0.2) is 60.8 Å². The highest BCUT2D eigenvalue weighted by atomic mass is 31.2. The van der Waals surface area contributed by atoms with Crippen LogP contribution in [0, 0.1) is 0 Å². The van der Waals surface area contributed by atoms with E-state index in [1.807, 2.05) is 36.5 Å². The number of carbonyl (C=O) groups is 3. The third-order valence-electron chi connectivity index (χ3n) is 9.34. The lowest BCUT2D eigenvalue weighted by Crippen LogP contribution is -2.34. The predicted molar refractivity (Wildman–Crippen MR) is 235 cm³/mol. The van der Waals surface area contributed by atoms with Gasteiger partial charge in [-0.25, -0.2) is 4.57 Å². The van der Waals surface area contributed by atoms with Gasteiger partial charge in [0.25, 0.3) is 0 Å².